The van der Waals surface area contributed by atoms with Gasteiger partial charge in [-0.15, -0.1) is 0 Å². The molecule has 1 aliphatic rings. The molecule has 0 bridgehead atoms. The van der Waals surface area contributed by atoms with Gasteiger partial charge in [-0.1, -0.05) is 40.2 Å². The van der Waals surface area contributed by atoms with Gasteiger partial charge in [0.1, 0.15) is 0 Å². The molecule has 4 heteroatoms. The van der Waals surface area contributed by atoms with Crippen molar-refractivity contribution in [1.29, 1.82) is 0 Å². The number of hydrogen-bond donors (Lipinski definition) is 1. The van der Waals surface area contributed by atoms with Gasteiger partial charge in [0.2, 0.25) is 5.91 Å². The lowest BCUT2D eigenvalue weighted by Gasteiger charge is -2.29. The Hall–Kier alpha value is -1.81. The van der Waals surface area contributed by atoms with Crippen LogP contribution in [-0.4, -0.2) is 19.0 Å². The molecule has 0 unspecified atom stereocenters. The number of carbonyl (C=O) groups excluding carboxylic acids is 1. The zero-order chi connectivity index (χ0) is 15.4. The van der Waals surface area contributed by atoms with Crippen LogP contribution in [0, 0.1) is 0 Å². The van der Waals surface area contributed by atoms with Gasteiger partial charge in [-0.2, -0.15) is 0 Å². The lowest BCUT2D eigenvalue weighted by atomic mass is 10.0. The van der Waals surface area contributed by atoms with Crippen LogP contribution in [0.2, 0.25) is 0 Å². The monoisotopic (exact) mass is 358 g/mol. The number of hydrogen-bond acceptors (Lipinski definition) is 2. The second-order valence-corrected chi connectivity index (χ2v) is 6.38. The van der Waals surface area contributed by atoms with Gasteiger partial charge in [0.15, 0.2) is 0 Å². The maximum atomic E-state index is 12.5. The molecule has 2 aromatic carbocycles. The number of rotatable bonds is 4. The highest BCUT2D eigenvalue weighted by molar-refractivity contribution is 9.10. The maximum absolute atomic E-state index is 12.5. The first kappa shape index (κ1) is 15.1. The fourth-order valence-corrected chi connectivity index (χ4v) is 3.24. The van der Waals surface area contributed by atoms with Crippen molar-refractivity contribution in [2.75, 3.05) is 23.3 Å². The molecule has 0 radical (unpaired) electrons. The average molecular weight is 359 g/mol. The molecule has 1 aliphatic heterocycles. The van der Waals surface area contributed by atoms with E-state index in [0.29, 0.717) is 13.0 Å². The van der Waals surface area contributed by atoms with Crippen LogP contribution in [0.25, 0.3) is 0 Å². The zero-order valence-electron chi connectivity index (χ0n) is 12.4. The Labute approximate surface area is 139 Å². The minimum atomic E-state index is 0.189. The lowest BCUT2D eigenvalue weighted by Crippen LogP contribution is -2.36. The summed E-state index contributed by atoms with van der Waals surface area (Å²) in [6.07, 6.45) is 2.61. The molecule has 0 fully saturated rings. The van der Waals surface area contributed by atoms with E-state index in [0.717, 1.165) is 35.2 Å². The summed E-state index contributed by atoms with van der Waals surface area (Å²) in [5, 5.41) is 3.30. The van der Waals surface area contributed by atoms with Crippen LogP contribution < -0.4 is 10.2 Å². The molecule has 0 aromatic heterocycles. The van der Waals surface area contributed by atoms with E-state index >= 15 is 0 Å². The fourth-order valence-electron chi connectivity index (χ4n) is 2.84. The quantitative estimate of drug-likeness (QED) is 0.886. The van der Waals surface area contributed by atoms with Crippen LogP contribution in [0.5, 0.6) is 0 Å². The molecule has 0 saturated heterocycles. The highest BCUT2D eigenvalue weighted by atomic mass is 79.9. The van der Waals surface area contributed by atoms with E-state index in [1.54, 1.807) is 0 Å². The number of halogens is 1. The van der Waals surface area contributed by atoms with E-state index in [-0.39, 0.29) is 5.91 Å². The summed E-state index contributed by atoms with van der Waals surface area (Å²) < 4.78 is 1.04. The van der Waals surface area contributed by atoms with E-state index in [1.807, 2.05) is 47.4 Å². The van der Waals surface area contributed by atoms with Crippen molar-refractivity contribution in [2.45, 2.75) is 19.3 Å². The minimum absolute atomic E-state index is 0.189. The Kier molecular flexibility index (Phi) is 4.78. The van der Waals surface area contributed by atoms with Crippen LogP contribution in [-0.2, 0) is 11.2 Å². The topological polar surface area (TPSA) is 32.3 Å². The molecule has 0 spiro atoms. The van der Waals surface area contributed by atoms with Crippen molar-refractivity contribution < 1.29 is 4.79 Å². The summed E-state index contributed by atoms with van der Waals surface area (Å²) in [5.41, 5.74) is 3.39. The van der Waals surface area contributed by atoms with Crippen LogP contribution in [0.3, 0.4) is 0 Å². The molecule has 0 atom stereocenters. The summed E-state index contributed by atoms with van der Waals surface area (Å²) >= 11 is 3.45. The Morgan fingerprint density at radius 3 is 2.91 bits per heavy atom. The summed E-state index contributed by atoms with van der Waals surface area (Å²) in [6.45, 7) is 1.47. The van der Waals surface area contributed by atoms with Gasteiger partial charge in [-0.05, 0) is 42.7 Å². The third-order valence-corrected chi connectivity index (χ3v) is 4.40. The molecule has 1 heterocycles. The number of fused-ring (bicyclic) bond motifs is 1. The maximum Gasteiger partial charge on any atom is 0.228 e. The summed E-state index contributed by atoms with van der Waals surface area (Å²) in [5.74, 6) is 0.189. The molecule has 22 heavy (non-hydrogen) atoms. The van der Waals surface area contributed by atoms with E-state index in [9.17, 15) is 4.79 Å². The van der Waals surface area contributed by atoms with Crippen molar-refractivity contribution >= 4 is 33.2 Å². The predicted octanol–water partition coefficient (Wildman–Crippen LogP) is 4.23. The number of nitrogens with zero attached hydrogens (tertiary/aromatic N) is 1. The highest BCUT2D eigenvalue weighted by Gasteiger charge is 2.21. The average Bonchev–Trinajstić information content (AvgIpc) is 2.54. The summed E-state index contributed by atoms with van der Waals surface area (Å²) in [4.78, 5) is 14.4. The standard InChI is InChI=1S/C18H19BrN2O/c19-15-7-3-8-16(13-15)20-11-10-18(22)21-12-4-6-14-5-1-2-9-17(14)21/h1-3,5,7-9,13,20H,4,6,10-12H2. The second-order valence-electron chi connectivity index (χ2n) is 5.46. The molecule has 114 valence electrons. The number of benzene rings is 2. The Morgan fingerprint density at radius 1 is 1.18 bits per heavy atom. The first-order valence-corrected chi connectivity index (χ1v) is 8.41. The van der Waals surface area contributed by atoms with Crippen molar-refractivity contribution in [3.63, 3.8) is 0 Å². The summed E-state index contributed by atoms with van der Waals surface area (Å²) in [6, 6.07) is 16.2. The molecule has 3 nitrogen and oxygen atoms in total. The van der Waals surface area contributed by atoms with Crippen molar-refractivity contribution in [3.05, 3.63) is 58.6 Å². The third kappa shape index (κ3) is 3.50. The van der Waals surface area contributed by atoms with Gasteiger partial charge in [-0.3, -0.25) is 4.79 Å². The Bertz CT molecular complexity index is 672. The highest BCUT2D eigenvalue weighted by Crippen LogP contribution is 2.27. The second kappa shape index (κ2) is 6.97. The van der Waals surface area contributed by atoms with Gasteiger partial charge < -0.3 is 10.2 Å². The first-order chi connectivity index (χ1) is 10.7. The Morgan fingerprint density at radius 2 is 2.05 bits per heavy atom. The van der Waals surface area contributed by atoms with Crippen molar-refractivity contribution in [2.24, 2.45) is 0 Å². The first-order valence-electron chi connectivity index (χ1n) is 7.62. The van der Waals surface area contributed by atoms with Gasteiger partial charge in [-0.25, -0.2) is 0 Å². The molecule has 1 N–H and O–H groups in total. The predicted molar refractivity (Wildman–Crippen MR) is 94.4 cm³/mol. The van der Waals surface area contributed by atoms with Crippen LogP contribution >= 0.6 is 15.9 Å². The Balaban J connectivity index is 1.59. The van der Waals surface area contributed by atoms with E-state index < -0.39 is 0 Å². The number of anilines is 2. The number of carbonyl (C=O) groups is 1. The molecule has 0 aliphatic carbocycles. The van der Waals surface area contributed by atoms with Crippen LogP contribution in [0.4, 0.5) is 11.4 Å². The largest absolute Gasteiger partial charge is 0.384 e. The van der Waals surface area contributed by atoms with Gasteiger partial charge in [0.05, 0.1) is 0 Å². The number of aryl methyl sites for hydroxylation is 1. The zero-order valence-corrected chi connectivity index (χ0v) is 14.0. The van der Waals surface area contributed by atoms with E-state index in [2.05, 4.69) is 27.3 Å². The number of para-hydroxylation sites is 1. The van der Waals surface area contributed by atoms with Gasteiger partial charge in [0.25, 0.3) is 0 Å². The molecule has 2 aromatic rings. The number of amides is 1. The van der Waals surface area contributed by atoms with E-state index in [1.165, 1.54) is 5.56 Å². The van der Waals surface area contributed by atoms with E-state index in [4.69, 9.17) is 0 Å². The summed E-state index contributed by atoms with van der Waals surface area (Å²) in [7, 11) is 0. The normalized spacial score (nSPS) is 13.6. The lowest BCUT2D eigenvalue weighted by molar-refractivity contribution is -0.118. The van der Waals surface area contributed by atoms with Crippen molar-refractivity contribution in [1.82, 2.24) is 0 Å². The van der Waals surface area contributed by atoms with Gasteiger partial charge in [0, 0.05) is 35.4 Å². The number of nitrogens with one attached hydrogen (secondary N) is 1. The molecule has 1 amide bonds. The minimum Gasteiger partial charge on any atom is -0.384 e. The van der Waals surface area contributed by atoms with Gasteiger partial charge >= 0.3 is 0 Å². The molecule has 3 rings (SSSR count). The van der Waals surface area contributed by atoms with Crippen molar-refractivity contribution in [3.8, 4) is 0 Å². The molecular weight excluding hydrogens is 340 g/mol. The third-order valence-electron chi connectivity index (χ3n) is 3.90. The molecule has 0 saturated carbocycles. The smallest absolute Gasteiger partial charge is 0.228 e. The van der Waals surface area contributed by atoms with Crippen LogP contribution in [0.1, 0.15) is 18.4 Å². The fraction of sp³-hybridized carbons (Fsp3) is 0.278. The van der Waals surface area contributed by atoms with Crippen LogP contribution in [0.15, 0.2) is 53.0 Å². The SMILES string of the molecule is O=C(CCNc1cccc(Br)c1)N1CCCc2ccccc21. The molecular formula is C18H19BrN2O.